The maximum atomic E-state index is 9.36. The Labute approximate surface area is 122 Å². The van der Waals surface area contributed by atoms with E-state index in [0.717, 1.165) is 0 Å². The van der Waals surface area contributed by atoms with Crippen molar-refractivity contribution >= 4 is 11.6 Å². The first-order chi connectivity index (χ1) is 9.67. The molecule has 0 atom stereocenters. The Morgan fingerprint density at radius 3 is 2.15 bits per heavy atom. The molecule has 106 valence electrons. The number of rotatable bonds is 5. The monoisotopic (exact) mass is 294 g/mol. The van der Waals surface area contributed by atoms with E-state index in [1.807, 2.05) is 0 Å². The molecule has 0 bridgehead atoms. The van der Waals surface area contributed by atoms with E-state index in [1.54, 1.807) is 50.6 Å². The lowest BCUT2D eigenvalue weighted by Gasteiger charge is -2.13. The number of ether oxygens (including phenoxy) is 3. The van der Waals surface area contributed by atoms with Crippen LogP contribution in [0.5, 0.6) is 23.0 Å². The van der Waals surface area contributed by atoms with Crippen LogP contribution in [0, 0.1) is 0 Å². The maximum absolute atomic E-state index is 9.36. The van der Waals surface area contributed by atoms with Gasteiger partial charge in [-0.05, 0) is 12.1 Å². The number of aliphatic hydroxyl groups excluding tert-OH is 1. The van der Waals surface area contributed by atoms with Crippen LogP contribution in [0.1, 0.15) is 5.56 Å². The Hall–Kier alpha value is -1.91. The zero-order valence-corrected chi connectivity index (χ0v) is 12.0. The van der Waals surface area contributed by atoms with Gasteiger partial charge in [-0.2, -0.15) is 0 Å². The highest BCUT2D eigenvalue weighted by Crippen LogP contribution is 2.34. The zero-order valence-electron chi connectivity index (χ0n) is 11.2. The van der Waals surface area contributed by atoms with Crippen molar-refractivity contribution < 1.29 is 19.3 Å². The molecule has 0 unspecified atom stereocenters. The number of hydrogen-bond acceptors (Lipinski definition) is 4. The van der Waals surface area contributed by atoms with E-state index in [1.165, 1.54) is 0 Å². The van der Waals surface area contributed by atoms with Crippen LogP contribution in [-0.2, 0) is 6.61 Å². The largest absolute Gasteiger partial charge is 0.496 e. The molecular weight excluding hydrogens is 280 g/mol. The first-order valence-electron chi connectivity index (χ1n) is 5.97. The molecule has 0 saturated carbocycles. The molecule has 20 heavy (non-hydrogen) atoms. The van der Waals surface area contributed by atoms with Gasteiger partial charge < -0.3 is 19.3 Å². The lowest BCUT2D eigenvalue weighted by molar-refractivity contribution is 0.276. The van der Waals surface area contributed by atoms with Crippen LogP contribution < -0.4 is 14.2 Å². The minimum absolute atomic E-state index is 0.198. The minimum atomic E-state index is -0.198. The molecular formula is C15H15ClO4. The van der Waals surface area contributed by atoms with Gasteiger partial charge in [0.05, 0.1) is 20.8 Å². The molecule has 0 fully saturated rings. The molecule has 2 aromatic rings. The van der Waals surface area contributed by atoms with Gasteiger partial charge in [-0.25, -0.2) is 0 Å². The molecule has 0 radical (unpaired) electrons. The Bertz CT molecular complexity index is 576. The highest BCUT2D eigenvalue weighted by Gasteiger charge is 2.10. The standard InChI is InChI=1S/C15H15ClO4/c1-18-10-6-11(19-2)8-12(7-10)20-15-5-3-4-14(16)13(15)9-17/h3-8,17H,9H2,1-2H3. The molecule has 0 aliphatic rings. The third-order valence-corrected chi connectivity index (χ3v) is 3.14. The van der Waals surface area contributed by atoms with Crippen LogP contribution in [0.15, 0.2) is 36.4 Å². The van der Waals surface area contributed by atoms with E-state index in [9.17, 15) is 5.11 Å². The summed E-state index contributed by atoms with van der Waals surface area (Å²) in [5.74, 6) is 2.27. The highest BCUT2D eigenvalue weighted by molar-refractivity contribution is 6.31. The maximum Gasteiger partial charge on any atom is 0.134 e. The van der Waals surface area contributed by atoms with Gasteiger partial charge in [0.25, 0.3) is 0 Å². The summed E-state index contributed by atoms with van der Waals surface area (Å²) in [5.41, 5.74) is 0.538. The normalized spacial score (nSPS) is 10.2. The average Bonchev–Trinajstić information content (AvgIpc) is 2.47. The van der Waals surface area contributed by atoms with E-state index >= 15 is 0 Å². The molecule has 0 saturated heterocycles. The van der Waals surface area contributed by atoms with Gasteiger partial charge in [-0.3, -0.25) is 0 Å². The number of aliphatic hydroxyl groups is 1. The highest BCUT2D eigenvalue weighted by atomic mass is 35.5. The second-order valence-corrected chi connectivity index (χ2v) is 4.43. The van der Waals surface area contributed by atoms with Crippen LogP contribution in [0.2, 0.25) is 5.02 Å². The molecule has 0 amide bonds. The predicted octanol–water partition coefficient (Wildman–Crippen LogP) is 3.64. The number of methoxy groups -OCH3 is 2. The van der Waals surface area contributed by atoms with Crippen molar-refractivity contribution in [3.05, 3.63) is 47.0 Å². The van der Waals surface area contributed by atoms with E-state index in [4.69, 9.17) is 25.8 Å². The van der Waals surface area contributed by atoms with Crippen molar-refractivity contribution in [3.8, 4) is 23.0 Å². The van der Waals surface area contributed by atoms with Crippen molar-refractivity contribution in [1.29, 1.82) is 0 Å². The second kappa shape index (κ2) is 6.50. The number of halogens is 1. The topological polar surface area (TPSA) is 47.9 Å². The van der Waals surface area contributed by atoms with Crippen molar-refractivity contribution in [3.63, 3.8) is 0 Å². The summed E-state index contributed by atoms with van der Waals surface area (Å²) >= 11 is 6.02. The van der Waals surface area contributed by atoms with Gasteiger partial charge in [0.2, 0.25) is 0 Å². The van der Waals surface area contributed by atoms with Crippen LogP contribution in [-0.4, -0.2) is 19.3 Å². The quantitative estimate of drug-likeness (QED) is 0.914. The molecule has 4 nitrogen and oxygen atoms in total. The fourth-order valence-electron chi connectivity index (χ4n) is 1.76. The third-order valence-electron chi connectivity index (χ3n) is 2.79. The average molecular weight is 295 g/mol. The fourth-order valence-corrected chi connectivity index (χ4v) is 1.98. The molecule has 0 heterocycles. The van der Waals surface area contributed by atoms with Crippen LogP contribution in [0.3, 0.4) is 0 Å². The summed E-state index contributed by atoms with van der Waals surface area (Å²) in [6.45, 7) is -0.198. The predicted molar refractivity (Wildman–Crippen MR) is 77.0 cm³/mol. The first-order valence-corrected chi connectivity index (χ1v) is 6.35. The van der Waals surface area contributed by atoms with Crippen molar-refractivity contribution in [2.24, 2.45) is 0 Å². The summed E-state index contributed by atoms with van der Waals surface area (Å²) in [6, 6.07) is 10.4. The molecule has 2 aromatic carbocycles. The van der Waals surface area contributed by atoms with Gasteiger partial charge in [-0.15, -0.1) is 0 Å². The summed E-state index contributed by atoms with van der Waals surface area (Å²) in [5, 5.41) is 9.82. The second-order valence-electron chi connectivity index (χ2n) is 4.03. The fraction of sp³-hybridized carbons (Fsp3) is 0.200. The Balaban J connectivity index is 2.37. The molecule has 0 spiro atoms. The van der Waals surface area contributed by atoms with Crippen LogP contribution in [0.25, 0.3) is 0 Å². The summed E-state index contributed by atoms with van der Waals surface area (Å²) < 4.78 is 16.1. The summed E-state index contributed by atoms with van der Waals surface area (Å²) in [6.07, 6.45) is 0. The Morgan fingerprint density at radius 1 is 1.00 bits per heavy atom. The summed E-state index contributed by atoms with van der Waals surface area (Å²) in [7, 11) is 3.13. The van der Waals surface area contributed by atoms with Crippen LogP contribution in [0.4, 0.5) is 0 Å². The smallest absolute Gasteiger partial charge is 0.134 e. The lowest BCUT2D eigenvalue weighted by Crippen LogP contribution is -1.94. The van der Waals surface area contributed by atoms with E-state index < -0.39 is 0 Å². The lowest BCUT2D eigenvalue weighted by atomic mass is 10.2. The third kappa shape index (κ3) is 3.15. The van der Waals surface area contributed by atoms with E-state index in [2.05, 4.69) is 0 Å². The zero-order chi connectivity index (χ0) is 14.5. The molecule has 1 N–H and O–H groups in total. The van der Waals surface area contributed by atoms with Gasteiger partial charge in [0.15, 0.2) is 0 Å². The van der Waals surface area contributed by atoms with Crippen molar-refractivity contribution in [2.75, 3.05) is 14.2 Å². The van der Waals surface area contributed by atoms with Gasteiger partial charge >= 0.3 is 0 Å². The summed E-state index contributed by atoms with van der Waals surface area (Å²) in [4.78, 5) is 0. The van der Waals surface area contributed by atoms with E-state index in [0.29, 0.717) is 33.6 Å². The number of benzene rings is 2. The Morgan fingerprint density at radius 2 is 1.60 bits per heavy atom. The van der Waals surface area contributed by atoms with Crippen LogP contribution >= 0.6 is 11.6 Å². The van der Waals surface area contributed by atoms with Gasteiger partial charge in [-0.1, -0.05) is 17.7 Å². The molecule has 2 rings (SSSR count). The minimum Gasteiger partial charge on any atom is -0.496 e. The first kappa shape index (κ1) is 14.5. The van der Waals surface area contributed by atoms with E-state index in [-0.39, 0.29) is 6.61 Å². The van der Waals surface area contributed by atoms with Gasteiger partial charge in [0.1, 0.15) is 23.0 Å². The van der Waals surface area contributed by atoms with Crippen molar-refractivity contribution in [1.82, 2.24) is 0 Å². The molecule has 5 heteroatoms. The molecule has 0 aromatic heterocycles. The SMILES string of the molecule is COc1cc(OC)cc(Oc2cccc(Cl)c2CO)c1. The van der Waals surface area contributed by atoms with Crippen molar-refractivity contribution in [2.45, 2.75) is 6.61 Å². The molecule has 0 aliphatic carbocycles. The van der Waals surface area contributed by atoms with Gasteiger partial charge in [0, 0.05) is 28.8 Å². The number of hydrogen-bond donors (Lipinski definition) is 1. The Kier molecular flexibility index (Phi) is 4.71. The molecule has 0 aliphatic heterocycles.